The van der Waals surface area contributed by atoms with Gasteiger partial charge in [0.2, 0.25) is 10.0 Å². The molecule has 0 aliphatic rings. The van der Waals surface area contributed by atoms with Crippen molar-refractivity contribution >= 4 is 21.6 Å². The van der Waals surface area contributed by atoms with Crippen LogP contribution in [0.2, 0.25) is 5.02 Å². The van der Waals surface area contributed by atoms with Crippen molar-refractivity contribution < 1.29 is 12.8 Å². The Labute approximate surface area is 167 Å². The SMILES string of the molecule is N#Cc1ccc(CN(Cc2ccccn2)S(=O)(=O)c2ccc(Cl)cc2)cc1F. The average Bonchev–Trinajstić information content (AvgIpc) is 2.69. The lowest BCUT2D eigenvalue weighted by atomic mass is 10.1. The second-order valence-corrected chi connectivity index (χ2v) is 8.35. The molecule has 1 heterocycles. The fourth-order valence-corrected chi connectivity index (χ4v) is 4.13. The fraction of sp³-hybridized carbons (Fsp3) is 0.100. The number of benzene rings is 2. The molecular weight excluding hydrogens is 401 g/mol. The van der Waals surface area contributed by atoms with Gasteiger partial charge in [-0.1, -0.05) is 23.7 Å². The normalized spacial score (nSPS) is 11.4. The maximum absolute atomic E-state index is 14.0. The van der Waals surface area contributed by atoms with Gasteiger partial charge in [-0.15, -0.1) is 0 Å². The zero-order chi connectivity index (χ0) is 20.1. The van der Waals surface area contributed by atoms with Crippen molar-refractivity contribution in [1.82, 2.24) is 9.29 Å². The molecule has 8 heteroatoms. The highest BCUT2D eigenvalue weighted by molar-refractivity contribution is 7.89. The zero-order valence-corrected chi connectivity index (χ0v) is 16.2. The predicted octanol–water partition coefficient (Wildman–Crippen LogP) is 4.14. The van der Waals surface area contributed by atoms with Crippen LogP contribution in [0.5, 0.6) is 0 Å². The molecule has 0 saturated heterocycles. The highest BCUT2D eigenvalue weighted by atomic mass is 35.5. The van der Waals surface area contributed by atoms with Crippen LogP contribution in [0.1, 0.15) is 16.8 Å². The number of sulfonamides is 1. The van der Waals surface area contributed by atoms with Crippen molar-refractivity contribution in [3.05, 3.63) is 94.5 Å². The van der Waals surface area contributed by atoms with Crippen molar-refractivity contribution in [3.63, 3.8) is 0 Å². The molecule has 28 heavy (non-hydrogen) atoms. The number of rotatable bonds is 6. The van der Waals surface area contributed by atoms with Crippen LogP contribution in [0, 0.1) is 17.1 Å². The van der Waals surface area contributed by atoms with E-state index in [-0.39, 0.29) is 23.5 Å². The molecule has 0 aliphatic carbocycles. The van der Waals surface area contributed by atoms with Gasteiger partial charge < -0.3 is 0 Å². The first-order chi connectivity index (χ1) is 13.4. The Morgan fingerprint density at radius 3 is 2.43 bits per heavy atom. The molecule has 0 radical (unpaired) electrons. The van der Waals surface area contributed by atoms with E-state index in [0.29, 0.717) is 16.3 Å². The Balaban J connectivity index is 1.98. The minimum absolute atomic E-state index is 0.00736. The molecule has 0 fully saturated rings. The topological polar surface area (TPSA) is 74.1 Å². The number of hydrogen-bond acceptors (Lipinski definition) is 4. The van der Waals surface area contributed by atoms with Gasteiger partial charge in [0.25, 0.3) is 0 Å². The van der Waals surface area contributed by atoms with Crippen LogP contribution in [-0.4, -0.2) is 17.7 Å². The first-order valence-electron chi connectivity index (χ1n) is 8.24. The molecule has 0 bridgehead atoms. The summed E-state index contributed by atoms with van der Waals surface area (Å²) in [5, 5.41) is 9.29. The van der Waals surface area contributed by atoms with Crippen molar-refractivity contribution in [2.45, 2.75) is 18.0 Å². The molecule has 2 aromatic carbocycles. The summed E-state index contributed by atoms with van der Waals surface area (Å²) in [6.07, 6.45) is 1.57. The van der Waals surface area contributed by atoms with Gasteiger partial charge in [-0.3, -0.25) is 4.98 Å². The van der Waals surface area contributed by atoms with Crippen LogP contribution < -0.4 is 0 Å². The fourth-order valence-electron chi connectivity index (χ4n) is 2.61. The minimum Gasteiger partial charge on any atom is -0.260 e. The summed E-state index contributed by atoms with van der Waals surface area (Å²) in [6.45, 7) is -0.0718. The first kappa shape index (κ1) is 20.0. The molecule has 0 amide bonds. The van der Waals surface area contributed by atoms with Gasteiger partial charge >= 0.3 is 0 Å². The van der Waals surface area contributed by atoms with Crippen LogP contribution in [0.4, 0.5) is 4.39 Å². The third-order valence-electron chi connectivity index (χ3n) is 4.03. The summed E-state index contributed by atoms with van der Waals surface area (Å²) < 4.78 is 41.5. The molecule has 3 aromatic rings. The predicted molar refractivity (Wildman–Crippen MR) is 103 cm³/mol. The number of halogens is 2. The van der Waals surface area contributed by atoms with E-state index in [9.17, 15) is 12.8 Å². The number of nitrogens with zero attached hydrogens (tertiary/aromatic N) is 3. The summed E-state index contributed by atoms with van der Waals surface area (Å²) in [7, 11) is -3.90. The average molecular weight is 416 g/mol. The van der Waals surface area contributed by atoms with Crippen molar-refractivity contribution in [2.24, 2.45) is 0 Å². The van der Waals surface area contributed by atoms with Crippen molar-refractivity contribution in [2.75, 3.05) is 0 Å². The van der Waals surface area contributed by atoms with Gasteiger partial charge in [0.15, 0.2) is 0 Å². The van der Waals surface area contributed by atoms with Crippen molar-refractivity contribution in [1.29, 1.82) is 5.26 Å². The van der Waals surface area contributed by atoms with Crippen LogP contribution in [0.15, 0.2) is 71.8 Å². The molecule has 0 atom stereocenters. The number of hydrogen-bond donors (Lipinski definition) is 0. The van der Waals surface area contributed by atoms with E-state index in [1.54, 1.807) is 30.5 Å². The quantitative estimate of drug-likeness (QED) is 0.606. The molecule has 3 rings (SSSR count). The molecule has 1 aromatic heterocycles. The molecule has 0 saturated carbocycles. The lowest BCUT2D eigenvalue weighted by Gasteiger charge is -2.22. The van der Waals surface area contributed by atoms with E-state index in [1.807, 2.05) is 0 Å². The lowest BCUT2D eigenvalue weighted by Crippen LogP contribution is -2.30. The monoisotopic (exact) mass is 415 g/mol. The van der Waals surface area contributed by atoms with Crippen molar-refractivity contribution in [3.8, 4) is 6.07 Å². The van der Waals surface area contributed by atoms with E-state index in [2.05, 4.69) is 4.98 Å². The summed E-state index contributed by atoms with van der Waals surface area (Å²) in [6, 6.07) is 16.8. The Morgan fingerprint density at radius 1 is 1.07 bits per heavy atom. The Morgan fingerprint density at radius 2 is 1.82 bits per heavy atom. The van der Waals surface area contributed by atoms with Crippen LogP contribution in [0.25, 0.3) is 0 Å². The van der Waals surface area contributed by atoms with Gasteiger partial charge in [0.1, 0.15) is 11.9 Å². The second-order valence-electron chi connectivity index (χ2n) is 5.97. The first-order valence-corrected chi connectivity index (χ1v) is 10.1. The third kappa shape index (κ3) is 4.54. The maximum Gasteiger partial charge on any atom is 0.243 e. The molecule has 0 spiro atoms. The highest BCUT2D eigenvalue weighted by Gasteiger charge is 2.25. The van der Waals surface area contributed by atoms with E-state index in [1.165, 1.54) is 46.8 Å². The van der Waals surface area contributed by atoms with Crippen LogP contribution in [0.3, 0.4) is 0 Å². The Hall–Kier alpha value is -2.79. The Bertz CT molecular complexity index is 1110. The van der Waals surface area contributed by atoms with Crippen LogP contribution >= 0.6 is 11.6 Å². The zero-order valence-electron chi connectivity index (χ0n) is 14.6. The number of pyridine rings is 1. The summed E-state index contributed by atoms with van der Waals surface area (Å²) >= 11 is 5.86. The standard InChI is InChI=1S/C20H15ClFN3O2S/c21-17-6-8-19(9-7-17)28(26,27)25(14-18-3-1-2-10-24-18)13-15-4-5-16(12-23)20(22)11-15/h1-11H,13-14H2. The third-order valence-corrected chi connectivity index (χ3v) is 6.09. The molecular formula is C20H15ClFN3O2S. The lowest BCUT2D eigenvalue weighted by molar-refractivity contribution is 0.396. The number of aromatic nitrogens is 1. The van der Waals surface area contributed by atoms with Gasteiger partial charge in [-0.2, -0.15) is 9.57 Å². The molecule has 5 nitrogen and oxygen atoms in total. The molecule has 142 valence electrons. The summed E-state index contributed by atoms with van der Waals surface area (Å²) in [4.78, 5) is 4.25. The van der Waals surface area contributed by atoms with Gasteiger partial charge in [0, 0.05) is 17.8 Å². The highest BCUT2D eigenvalue weighted by Crippen LogP contribution is 2.23. The van der Waals surface area contributed by atoms with Gasteiger partial charge in [-0.05, 0) is 54.1 Å². The largest absolute Gasteiger partial charge is 0.260 e. The second kappa shape index (κ2) is 8.48. The van der Waals surface area contributed by atoms with Gasteiger partial charge in [-0.25, -0.2) is 12.8 Å². The molecule has 0 unspecified atom stereocenters. The minimum atomic E-state index is -3.90. The number of nitriles is 1. The van der Waals surface area contributed by atoms with E-state index < -0.39 is 15.8 Å². The smallest absolute Gasteiger partial charge is 0.243 e. The van der Waals surface area contributed by atoms with Crippen LogP contribution in [-0.2, 0) is 23.1 Å². The molecule has 0 aliphatic heterocycles. The van der Waals surface area contributed by atoms with E-state index in [4.69, 9.17) is 16.9 Å². The Kier molecular flexibility index (Phi) is 6.05. The maximum atomic E-state index is 14.0. The summed E-state index contributed by atoms with van der Waals surface area (Å²) in [5.41, 5.74) is 0.875. The summed E-state index contributed by atoms with van der Waals surface area (Å²) in [5.74, 6) is -0.693. The van der Waals surface area contributed by atoms with E-state index >= 15 is 0 Å². The van der Waals surface area contributed by atoms with Gasteiger partial charge in [0.05, 0.1) is 22.7 Å². The molecule has 0 N–H and O–H groups in total. The van der Waals surface area contributed by atoms with E-state index in [0.717, 1.165) is 0 Å².